The van der Waals surface area contributed by atoms with Crippen LogP contribution in [0.1, 0.15) is 0 Å². The average molecular weight is 228 g/mol. The minimum Gasteiger partial charge on any atom is -0.653 e. The van der Waals surface area contributed by atoms with Crippen LogP contribution in [0.4, 0.5) is 0 Å². The van der Waals surface area contributed by atoms with E-state index in [2.05, 4.69) is 32.7 Å². The van der Waals surface area contributed by atoms with Gasteiger partial charge in [0.15, 0.2) is 0 Å². The van der Waals surface area contributed by atoms with Gasteiger partial charge >= 0.3 is 16.6 Å². The van der Waals surface area contributed by atoms with E-state index >= 15 is 0 Å². The SMILES string of the molecule is [Al][O]c1cccc2sc3cncnc3c12. The first-order valence-electron chi connectivity index (χ1n) is 4.38. The van der Waals surface area contributed by atoms with Crippen LogP contribution in [0, 0.1) is 0 Å². The summed E-state index contributed by atoms with van der Waals surface area (Å²) in [6.07, 6.45) is 3.40. The molecule has 1 aromatic carbocycles. The molecular weight excluding hydrogens is 223 g/mol. The number of hydrogen-bond acceptors (Lipinski definition) is 4. The predicted octanol–water partition coefficient (Wildman–Crippen LogP) is 2.31. The van der Waals surface area contributed by atoms with Crippen LogP contribution in [0.25, 0.3) is 20.3 Å². The van der Waals surface area contributed by atoms with Gasteiger partial charge in [-0.15, -0.1) is 11.3 Å². The molecule has 70 valence electrons. The fourth-order valence-electron chi connectivity index (χ4n) is 1.63. The molecule has 0 amide bonds. The van der Waals surface area contributed by atoms with Gasteiger partial charge in [0, 0.05) is 10.9 Å². The van der Waals surface area contributed by atoms with E-state index in [9.17, 15) is 0 Å². The number of hydrogen-bond donors (Lipinski definition) is 0. The number of fused-ring (bicyclic) bond motifs is 3. The van der Waals surface area contributed by atoms with Crippen LogP contribution in [0.5, 0.6) is 5.75 Å². The Balaban J connectivity index is 2.56. The first-order valence-corrected chi connectivity index (χ1v) is 5.67. The van der Waals surface area contributed by atoms with Crippen molar-refractivity contribution in [2.45, 2.75) is 0 Å². The molecule has 0 saturated heterocycles. The van der Waals surface area contributed by atoms with Gasteiger partial charge in [0.1, 0.15) is 6.33 Å². The summed E-state index contributed by atoms with van der Waals surface area (Å²) in [7, 11) is 0. The van der Waals surface area contributed by atoms with E-state index in [4.69, 9.17) is 3.79 Å². The Kier molecular flexibility index (Phi) is 2.10. The van der Waals surface area contributed by atoms with Crippen molar-refractivity contribution in [3.63, 3.8) is 0 Å². The first kappa shape index (κ1) is 9.11. The number of rotatable bonds is 1. The van der Waals surface area contributed by atoms with E-state index in [1.54, 1.807) is 17.7 Å². The molecule has 0 atom stereocenters. The lowest BCUT2D eigenvalue weighted by molar-refractivity contribution is 0.624. The molecule has 2 heterocycles. The largest absolute Gasteiger partial charge is 0.653 e. The van der Waals surface area contributed by atoms with E-state index in [0.29, 0.717) is 0 Å². The van der Waals surface area contributed by atoms with Crippen LogP contribution in [0.2, 0.25) is 0 Å². The summed E-state index contributed by atoms with van der Waals surface area (Å²) < 4.78 is 7.51. The molecule has 0 aliphatic rings. The van der Waals surface area contributed by atoms with Gasteiger partial charge in [-0.3, -0.25) is 0 Å². The van der Waals surface area contributed by atoms with Crippen LogP contribution in [0.3, 0.4) is 0 Å². The fourth-order valence-corrected chi connectivity index (χ4v) is 2.87. The third-order valence-corrected chi connectivity index (χ3v) is 3.58. The second kappa shape index (κ2) is 3.46. The molecule has 0 aliphatic carbocycles. The summed E-state index contributed by atoms with van der Waals surface area (Å²) in [6, 6.07) is 5.98. The Morgan fingerprint density at radius 3 is 3.07 bits per heavy atom. The fraction of sp³-hybridized carbons (Fsp3) is 0. The monoisotopic (exact) mass is 228 g/mol. The molecule has 2 aromatic heterocycles. The van der Waals surface area contributed by atoms with Gasteiger partial charge < -0.3 is 3.79 Å². The third-order valence-electron chi connectivity index (χ3n) is 2.25. The maximum absolute atomic E-state index is 5.26. The van der Waals surface area contributed by atoms with Crippen LogP contribution < -0.4 is 3.79 Å². The Labute approximate surface area is 98.5 Å². The minimum absolute atomic E-state index is 0.836. The molecule has 5 heteroatoms. The molecule has 15 heavy (non-hydrogen) atoms. The summed E-state index contributed by atoms with van der Waals surface area (Å²) >= 11 is 3.95. The van der Waals surface area contributed by atoms with E-state index < -0.39 is 0 Å². The van der Waals surface area contributed by atoms with Crippen LogP contribution >= 0.6 is 11.3 Å². The molecule has 0 bridgehead atoms. The highest BCUT2D eigenvalue weighted by Gasteiger charge is 2.09. The maximum atomic E-state index is 5.26. The Hall–Kier alpha value is -1.15. The van der Waals surface area contributed by atoms with Gasteiger partial charge in [-0.2, -0.15) is 0 Å². The Morgan fingerprint density at radius 1 is 1.27 bits per heavy atom. The van der Waals surface area contributed by atoms with Crippen molar-refractivity contribution in [3.05, 3.63) is 30.7 Å². The smallest absolute Gasteiger partial charge is 0.482 e. The van der Waals surface area contributed by atoms with Gasteiger partial charge in [-0.1, -0.05) is 6.07 Å². The zero-order valence-electron chi connectivity index (χ0n) is 7.68. The number of nitrogens with zero attached hydrogens (tertiary/aromatic N) is 2. The van der Waals surface area contributed by atoms with Crippen molar-refractivity contribution in [2.24, 2.45) is 0 Å². The van der Waals surface area contributed by atoms with E-state index in [1.165, 1.54) is 4.70 Å². The molecule has 0 fully saturated rings. The van der Waals surface area contributed by atoms with Crippen molar-refractivity contribution < 1.29 is 3.79 Å². The molecule has 3 rings (SSSR count). The third kappa shape index (κ3) is 1.32. The number of aromatic nitrogens is 2. The lowest BCUT2D eigenvalue weighted by atomic mass is 10.2. The van der Waals surface area contributed by atoms with Crippen LogP contribution in [-0.4, -0.2) is 26.6 Å². The van der Waals surface area contributed by atoms with Crippen molar-refractivity contribution in [2.75, 3.05) is 0 Å². The predicted molar refractivity (Wildman–Crippen MR) is 61.3 cm³/mol. The topological polar surface area (TPSA) is 35.0 Å². The summed E-state index contributed by atoms with van der Waals surface area (Å²) in [5, 5.41) is 1.06. The molecule has 0 aliphatic heterocycles. The van der Waals surface area contributed by atoms with E-state index in [-0.39, 0.29) is 0 Å². The zero-order valence-corrected chi connectivity index (χ0v) is 9.65. The summed E-state index contributed by atoms with van der Waals surface area (Å²) in [6.45, 7) is 0. The second-order valence-corrected chi connectivity index (χ2v) is 4.40. The number of benzene rings is 1. The van der Waals surface area contributed by atoms with Crippen molar-refractivity contribution >= 4 is 48.3 Å². The van der Waals surface area contributed by atoms with Gasteiger partial charge in [-0.25, -0.2) is 9.97 Å². The Bertz CT molecular complexity index is 637. The second-order valence-electron chi connectivity index (χ2n) is 3.08. The van der Waals surface area contributed by atoms with E-state index in [0.717, 1.165) is 21.4 Å². The zero-order chi connectivity index (χ0) is 10.3. The molecule has 3 aromatic rings. The van der Waals surface area contributed by atoms with Gasteiger partial charge in [-0.05, 0) is 12.1 Å². The molecule has 0 unspecified atom stereocenters. The molecule has 0 saturated carbocycles. The highest BCUT2D eigenvalue weighted by Crippen LogP contribution is 2.37. The standard InChI is InChI=1S/C10H6N2OS.Al/c13-6-2-1-3-7-9(6)10-8(14-7)4-11-5-12-10;/h1-5,13H;/q;+1/p-1. The maximum Gasteiger partial charge on any atom is 0.482 e. The highest BCUT2D eigenvalue weighted by molar-refractivity contribution is 7.25. The summed E-state index contributed by atoms with van der Waals surface area (Å²) in [5.41, 5.74) is 0.961. The van der Waals surface area contributed by atoms with Crippen LogP contribution in [0.15, 0.2) is 30.7 Å². The Morgan fingerprint density at radius 2 is 2.20 bits per heavy atom. The molecule has 2 radical (unpaired) electrons. The van der Waals surface area contributed by atoms with Gasteiger partial charge in [0.05, 0.1) is 21.4 Å². The van der Waals surface area contributed by atoms with Crippen LogP contribution in [-0.2, 0) is 0 Å². The lowest BCUT2D eigenvalue weighted by Crippen LogP contribution is -1.85. The molecule has 0 N–H and O–H groups in total. The van der Waals surface area contributed by atoms with Gasteiger partial charge in [0.2, 0.25) is 0 Å². The van der Waals surface area contributed by atoms with Crippen molar-refractivity contribution in [1.29, 1.82) is 0 Å². The van der Waals surface area contributed by atoms with Crippen molar-refractivity contribution in [1.82, 2.24) is 9.97 Å². The molecule has 3 nitrogen and oxygen atoms in total. The first-order chi connectivity index (χ1) is 7.40. The highest BCUT2D eigenvalue weighted by atomic mass is 32.1. The minimum atomic E-state index is 0.836. The summed E-state index contributed by atoms with van der Waals surface area (Å²) in [4.78, 5) is 8.30. The van der Waals surface area contributed by atoms with E-state index in [1.807, 2.05) is 18.3 Å². The quantitative estimate of drug-likeness (QED) is 0.599. The summed E-state index contributed by atoms with van der Waals surface area (Å²) in [5.74, 6) is 0.836. The lowest BCUT2D eigenvalue weighted by Gasteiger charge is -2.03. The normalized spacial score (nSPS) is 10.9. The molecular formula is C10H5AlN2OS. The average Bonchev–Trinajstić information content (AvgIpc) is 2.67. The number of thiophene rings is 1. The van der Waals surface area contributed by atoms with Crippen molar-refractivity contribution in [3.8, 4) is 5.75 Å². The van der Waals surface area contributed by atoms with Gasteiger partial charge in [0.25, 0.3) is 0 Å². The molecule has 0 spiro atoms.